The Morgan fingerprint density at radius 3 is 0.750 bits per heavy atom. The molecule has 0 heterocycles. The van der Waals surface area contributed by atoms with Crippen LogP contribution < -0.4 is 0 Å². The van der Waals surface area contributed by atoms with Gasteiger partial charge in [-0.2, -0.15) is 0 Å². The molecule has 0 aromatic rings. The van der Waals surface area contributed by atoms with E-state index in [9.17, 15) is 0 Å². The van der Waals surface area contributed by atoms with Gasteiger partial charge >= 0.3 is 63.5 Å². The summed E-state index contributed by atoms with van der Waals surface area (Å²) in [4.78, 5) is 0. The van der Waals surface area contributed by atoms with Gasteiger partial charge in [0.05, 0.1) is 0 Å². The zero-order chi connectivity index (χ0) is 0. The minimum absolute atomic E-state index is 0. The maximum absolute atomic E-state index is 0. The van der Waals surface area contributed by atoms with Crippen LogP contribution in [-0.4, -0.2) is 63.5 Å². The third-order valence-electron chi connectivity index (χ3n) is 0. The molecule has 4 heteroatoms. The summed E-state index contributed by atoms with van der Waals surface area (Å²) in [6.45, 7) is 0. The van der Waals surface area contributed by atoms with Gasteiger partial charge in [0, 0.05) is 0 Å². The maximum Gasteiger partial charge on any atom is 3.00 e. The quantitative estimate of drug-likeness (QED) is 0.333. The van der Waals surface area contributed by atoms with Crippen molar-refractivity contribution in [3.05, 3.63) is 0 Å². The van der Waals surface area contributed by atoms with Gasteiger partial charge in [-0.3, -0.25) is 0 Å². The zero-order valence-electron chi connectivity index (χ0n) is 2.40. The van der Waals surface area contributed by atoms with E-state index in [1.165, 1.54) is 0 Å². The van der Waals surface area contributed by atoms with E-state index in [0.717, 1.165) is 0 Å². The van der Waals surface area contributed by atoms with E-state index in [1.54, 1.807) is 0 Å². The van der Waals surface area contributed by atoms with Gasteiger partial charge < -0.3 is 5.48 Å². The van der Waals surface area contributed by atoms with E-state index >= 15 is 0 Å². The Hall–Kier alpha value is 2.02. The molecule has 0 N–H and O–H groups in total. The molecule has 0 unspecified atom stereocenters. The molecule has 0 rings (SSSR count). The first-order valence-corrected chi connectivity index (χ1v) is 0. The molecule has 0 fully saturated rings. The summed E-state index contributed by atoms with van der Waals surface area (Å²) in [7, 11) is 0. The van der Waals surface area contributed by atoms with Crippen LogP contribution in [0.15, 0.2) is 0 Å². The van der Waals surface area contributed by atoms with Crippen molar-refractivity contribution in [1.29, 1.82) is 0 Å². The van der Waals surface area contributed by atoms with Crippen LogP contribution in [0.3, 0.4) is 0 Å². The van der Waals surface area contributed by atoms with Crippen LogP contribution >= 0.6 is 0 Å². The van der Waals surface area contributed by atoms with Crippen molar-refractivity contribution < 1.29 is 5.48 Å². The van der Waals surface area contributed by atoms with Gasteiger partial charge in [0.15, 0.2) is 0 Å². The Morgan fingerprint density at radius 1 is 0.750 bits per heavy atom. The van der Waals surface area contributed by atoms with Gasteiger partial charge in [0.2, 0.25) is 0 Å². The van der Waals surface area contributed by atoms with Crippen molar-refractivity contribution in [3.8, 4) is 0 Å². The second-order valence-electron chi connectivity index (χ2n) is 0. The molecule has 0 atom stereocenters. The van der Waals surface area contributed by atoms with Gasteiger partial charge in [-0.25, -0.2) is 0 Å². The third-order valence-corrected chi connectivity index (χ3v) is 0. The Kier molecular flexibility index (Phi) is 184. The fraction of sp³-hybridized carbons (Fsp3) is 0. The van der Waals surface area contributed by atoms with Crippen LogP contribution in [0.25, 0.3) is 0 Å². The molecular formula is AlMg2O+5. The Morgan fingerprint density at radius 2 is 0.750 bits per heavy atom. The topological polar surface area (TPSA) is 28.5 Å². The van der Waals surface area contributed by atoms with E-state index in [0.29, 0.717) is 0 Å². The molecule has 0 bridgehead atoms. The second-order valence-corrected chi connectivity index (χ2v) is 0. The molecule has 0 aromatic carbocycles. The average molecular weight is 91.6 g/mol. The van der Waals surface area contributed by atoms with E-state index in [1.807, 2.05) is 0 Å². The molecular weight excluding hydrogens is 91.6 g/mol. The largest absolute Gasteiger partial charge is 3.00 e. The van der Waals surface area contributed by atoms with Gasteiger partial charge in [0.1, 0.15) is 0 Å². The van der Waals surface area contributed by atoms with E-state index in [2.05, 4.69) is 0 Å². The van der Waals surface area contributed by atoms with Crippen LogP contribution in [0, 0.1) is 0 Å². The van der Waals surface area contributed by atoms with Crippen LogP contribution in [-0.2, 0) is 5.48 Å². The van der Waals surface area contributed by atoms with Crippen LogP contribution in [0.1, 0.15) is 0 Å². The molecule has 0 aliphatic rings. The van der Waals surface area contributed by atoms with E-state index < -0.39 is 0 Å². The second kappa shape index (κ2) is 19.9. The van der Waals surface area contributed by atoms with Crippen molar-refractivity contribution >= 4 is 63.5 Å². The molecule has 0 spiro atoms. The molecule has 0 radical (unpaired) electrons. The van der Waals surface area contributed by atoms with Gasteiger partial charge in [0.25, 0.3) is 0 Å². The Labute approximate surface area is 68.3 Å². The normalized spacial score (nSPS) is 0. The van der Waals surface area contributed by atoms with Gasteiger partial charge in [-0.05, 0) is 0 Å². The first-order valence-electron chi connectivity index (χ1n) is 0. The summed E-state index contributed by atoms with van der Waals surface area (Å²) in [5.74, 6) is 0. The minimum Gasteiger partial charge on any atom is -2.00 e. The molecule has 0 saturated carbocycles. The van der Waals surface area contributed by atoms with Crippen molar-refractivity contribution in [3.63, 3.8) is 0 Å². The summed E-state index contributed by atoms with van der Waals surface area (Å²) in [5, 5.41) is 0. The Balaban J connectivity index is 0. The fourth-order valence-electron chi connectivity index (χ4n) is 0. The van der Waals surface area contributed by atoms with Crippen molar-refractivity contribution in [2.24, 2.45) is 0 Å². The number of hydrogen-bond acceptors (Lipinski definition) is 0. The smallest absolute Gasteiger partial charge is 2.00 e. The summed E-state index contributed by atoms with van der Waals surface area (Å²) in [6, 6.07) is 0. The van der Waals surface area contributed by atoms with E-state index in [-0.39, 0.29) is 68.9 Å². The van der Waals surface area contributed by atoms with Gasteiger partial charge in [-0.1, -0.05) is 0 Å². The van der Waals surface area contributed by atoms with Crippen LogP contribution in [0.2, 0.25) is 0 Å². The fourth-order valence-corrected chi connectivity index (χ4v) is 0. The molecule has 0 aliphatic carbocycles. The SMILES string of the molecule is [Al+3].[Mg+2].[Mg+2].[O-2]. The van der Waals surface area contributed by atoms with E-state index in [4.69, 9.17) is 0 Å². The molecule has 8 valence electrons. The van der Waals surface area contributed by atoms with Crippen molar-refractivity contribution in [1.82, 2.24) is 0 Å². The average Bonchev–Trinajstić information content (AvgIpc) is 0. The monoisotopic (exact) mass is 90.9 g/mol. The standard InChI is InChI=1S/Al.2Mg.O/q+3;2*+2;-2. The maximum atomic E-state index is 0. The predicted octanol–water partition coefficient (Wildman–Crippen LogP) is -1.26. The molecule has 4 heavy (non-hydrogen) atoms. The van der Waals surface area contributed by atoms with Gasteiger partial charge in [-0.15, -0.1) is 0 Å². The molecule has 0 amide bonds. The molecule has 0 saturated heterocycles. The summed E-state index contributed by atoms with van der Waals surface area (Å²) in [6.07, 6.45) is 0. The summed E-state index contributed by atoms with van der Waals surface area (Å²) >= 11 is 0. The minimum atomic E-state index is 0. The van der Waals surface area contributed by atoms with Crippen molar-refractivity contribution in [2.75, 3.05) is 0 Å². The summed E-state index contributed by atoms with van der Waals surface area (Å²) < 4.78 is 0. The number of hydrogen-bond donors (Lipinski definition) is 0. The molecule has 1 nitrogen and oxygen atoms in total. The first kappa shape index (κ1) is 37.1. The summed E-state index contributed by atoms with van der Waals surface area (Å²) in [5.41, 5.74) is 0. The Bertz CT molecular complexity index is 6.00. The third kappa shape index (κ3) is 8.98. The zero-order valence-corrected chi connectivity index (χ0v) is 6.38. The first-order chi connectivity index (χ1) is 0. The van der Waals surface area contributed by atoms with Crippen LogP contribution in [0.5, 0.6) is 0 Å². The number of rotatable bonds is 0. The predicted molar refractivity (Wildman–Crippen MR) is 17.9 cm³/mol. The molecule has 0 aliphatic heterocycles. The van der Waals surface area contributed by atoms with Crippen molar-refractivity contribution in [2.45, 2.75) is 0 Å². The molecule has 0 aromatic heterocycles. The van der Waals surface area contributed by atoms with Crippen LogP contribution in [0.4, 0.5) is 0 Å².